The van der Waals surface area contributed by atoms with Gasteiger partial charge in [0, 0.05) is 26.3 Å². The third-order valence-electron chi connectivity index (χ3n) is 2.68. The summed E-state index contributed by atoms with van der Waals surface area (Å²) in [6.07, 6.45) is 1.57. The number of rotatable bonds is 3. The average Bonchev–Trinajstić information content (AvgIpc) is 2.26. The third kappa shape index (κ3) is 1.96. The number of nitrogens with one attached hydrogen (secondary N) is 1. The predicted octanol–water partition coefficient (Wildman–Crippen LogP) is -0.329. The molecule has 0 amide bonds. The van der Waals surface area contributed by atoms with Crippen LogP contribution < -0.4 is 10.2 Å². The van der Waals surface area contributed by atoms with Crippen LogP contribution in [0.2, 0.25) is 0 Å². The van der Waals surface area contributed by atoms with Gasteiger partial charge in [0.15, 0.2) is 0 Å². The van der Waals surface area contributed by atoms with Crippen LogP contribution in [0.3, 0.4) is 0 Å². The van der Waals surface area contributed by atoms with Gasteiger partial charge in [0.2, 0.25) is 5.82 Å². The van der Waals surface area contributed by atoms with E-state index in [1.807, 2.05) is 11.9 Å². The van der Waals surface area contributed by atoms with Crippen LogP contribution in [0.5, 0.6) is 0 Å². The van der Waals surface area contributed by atoms with Crippen LogP contribution >= 0.6 is 0 Å². The minimum atomic E-state index is -0.512. The van der Waals surface area contributed by atoms with Crippen LogP contribution in [0, 0.1) is 0 Å². The average molecular weight is 222 g/mol. The van der Waals surface area contributed by atoms with Gasteiger partial charge in [0.25, 0.3) is 0 Å². The molecule has 0 saturated carbocycles. The number of ether oxygens (including phenoxy) is 1. The number of hydrogen-bond acceptors (Lipinski definition) is 6. The molecule has 2 heterocycles. The van der Waals surface area contributed by atoms with Crippen molar-refractivity contribution in [1.82, 2.24) is 15.3 Å². The zero-order valence-corrected chi connectivity index (χ0v) is 9.30. The van der Waals surface area contributed by atoms with E-state index in [0.717, 1.165) is 18.9 Å². The summed E-state index contributed by atoms with van der Waals surface area (Å²) in [5.41, 5.74) is 0. The molecular formula is C10H14N4O2. The van der Waals surface area contributed by atoms with Crippen molar-refractivity contribution in [3.63, 3.8) is 0 Å². The molecule has 86 valence electrons. The van der Waals surface area contributed by atoms with Crippen molar-refractivity contribution in [1.29, 1.82) is 0 Å². The number of hydrogen-bond donors (Lipinski definition) is 1. The number of anilines is 1. The molecule has 0 radical (unpaired) electrons. The molecule has 0 bridgehead atoms. The first-order chi connectivity index (χ1) is 7.72. The van der Waals surface area contributed by atoms with Gasteiger partial charge in [-0.25, -0.2) is 14.8 Å². The van der Waals surface area contributed by atoms with Gasteiger partial charge in [-0.1, -0.05) is 0 Å². The zero-order valence-electron chi connectivity index (χ0n) is 9.30. The van der Waals surface area contributed by atoms with Gasteiger partial charge in [-0.3, -0.25) is 0 Å². The minimum Gasteiger partial charge on any atom is -0.463 e. The number of likely N-dealkylation sites (N-methyl/N-ethyl adjacent to an activating group) is 1. The minimum absolute atomic E-state index is 0.0964. The van der Waals surface area contributed by atoms with Gasteiger partial charge >= 0.3 is 5.97 Å². The van der Waals surface area contributed by atoms with E-state index >= 15 is 0 Å². The first kappa shape index (κ1) is 10.8. The molecule has 1 N–H and O–H groups in total. The number of esters is 1. The highest BCUT2D eigenvalue weighted by Gasteiger charge is 2.23. The second-order valence-electron chi connectivity index (χ2n) is 3.65. The Morgan fingerprint density at radius 3 is 2.94 bits per heavy atom. The maximum Gasteiger partial charge on any atom is 0.376 e. The van der Waals surface area contributed by atoms with Gasteiger partial charge in [0.05, 0.1) is 13.2 Å². The smallest absolute Gasteiger partial charge is 0.376 e. The molecule has 1 aromatic rings. The Balaban J connectivity index is 2.17. The summed E-state index contributed by atoms with van der Waals surface area (Å²) >= 11 is 0. The SMILES string of the molecule is COC(=O)c1nccc(N(C)C2CNC2)n1. The topological polar surface area (TPSA) is 67.3 Å². The Labute approximate surface area is 93.6 Å². The van der Waals surface area contributed by atoms with Crippen LogP contribution in [0.15, 0.2) is 12.3 Å². The Kier molecular flexibility index (Phi) is 3.00. The summed E-state index contributed by atoms with van der Waals surface area (Å²) in [5, 5.41) is 3.18. The molecule has 1 aliphatic heterocycles. The molecule has 6 heteroatoms. The highest BCUT2D eigenvalue weighted by atomic mass is 16.5. The fourth-order valence-corrected chi connectivity index (χ4v) is 1.47. The molecule has 1 aliphatic rings. The maximum absolute atomic E-state index is 11.3. The zero-order chi connectivity index (χ0) is 11.5. The predicted molar refractivity (Wildman–Crippen MR) is 58.4 cm³/mol. The summed E-state index contributed by atoms with van der Waals surface area (Å²) in [5.74, 6) is 0.322. The summed E-state index contributed by atoms with van der Waals surface area (Å²) < 4.78 is 4.58. The second kappa shape index (κ2) is 4.44. The van der Waals surface area contributed by atoms with Crippen LogP contribution in [0.25, 0.3) is 0 Å². The Morgan fingerprint density at radius 2 is 2.38 bits per heavy atom. The molecule has 0 atom stereocenters. The second-order valence-corrected chi connectivity index (χ2v) is 3.65. The Hall–Kier alpha value is -1.69. The Bertz CT molecular complexity index is 392. The van der Waals surface area contributed by atoms with Gasteiger partial charge in [-0.15, -0.1) is 0 Å². The van der Waals surface area contributed by atoms with E-state index in [0.29, 0.717) is 6.04 Å². The van der Waals surface area contributed by atoms with Crippen LogP contribution in [-0.2, 0) is 4.74 Å². The largest absolute Gasteiger partial charge is 0.463 e. The fourth-order valence-electron chi connectivity index (χ4n) is 1.47. The molecule has 16 heavy (non-hydrogen) atoms. The number of nitrogens with zero attached hydrogens (tertiary/aromatic N) is 3. The standard InChI is InChI=1S/C10H14N4O2/c1-14(7-5-11-6-7)8-3-4-12-9(13-8)10(15)16-2/h3-4,7,11H,5-6H2,1-2H3. The van der Waals surface area contributed by atoms with Crippen LogP contribution in [0.4, 0.5) is 5.82 Å². The Morgan fingerprint density at radius 1 is 1.62 bits per heavy atom. The number of carbonyl (C=O) groups excluding carboxylic acids is 1. The first-order valence-electron chi connectivity index (χ1n) is 5.07. The van der Waals surface area contributed by atoms with E-state index < -0.39 is 5.97 Å². The van der Waals surface area contributed by atoms with E-state index in [1.54, 1.807) is 12.3 Å². The van der Waals surface area contributed by atoms with Crippen molar-refractivity contribution in [2.45, 2.75) is 6.04 Å². The summed E-state index contributed by atoms with van der Waals surface area (Å²) in [6.45, 7) is 1.88. The summed E-state index contributed by atoms with van der Waals surface area (Å²) in [6, 6.07) is 2.21. The van der Waals surface area contributed by atoms with Crippen molar-refractivity contribution < 1.29 is 9.53 Å². The van der Waals surface area contributed by atoms with Crippen molar-refractivity contribution in [3.8, 4) is 0 Å². The van der Waals surface area contributed by atoms with Gasteiger partial charge in [-0.05, 0) is 6.07 Å². The van der Waals surface area contributed by atoms with Gasteiger partial charge in [0.1, 0.15) is 5.82 Å². The van der Waals surface area contributed by atoms with E-state index in [1.165, 1.54) is 7.11 Å². The lowest BCUT2D eigenvalue weighted by Gasteiger charge is -2.36. The molecule has 0 unspecified atom stereocenters. The molecule has 1 fully saturated rings. The number of methoxy groups -OCH3 is 1. The van der Waals surface area contributed by atoms with E-state index in [-0.39, 0.29) is 5.82 Å². The lowest BCUT2D eigenvalue weighted by atomic mass is 10.1. The van der Waals surface area contributed by atoms with Crippen LogP contribution in [-0.4, -0.2) is 49.2 Å². The fraction of sp³-hybridized carbons (Fsp3) is 0.500. The van der Waals surface area contributed by atoms with Crippen molar-refractivity contribution in [2.75, 3.05) is 32.1 Å². The van der Waals surface area contributed by atoms with Crippen LogP contribution in [0.1, 0.15) is 10.6 Å². The van der Waals surface area contributed by atoms with E-state index in [9.17, 15) is 4.79 Å². The lowest BCUT2D eigenvalue weighted by molar-refractivity contribution is 0.0586. The molecule has 1 aromatic heterocycles. The third-order valence-corrected chi connectivity index (χ3v) is 2.68. The van der Waals surface area contributed by atoms with Crippen molar-refractivity contribution >= 4 is 11.8 Å². The van der Waals surface area contributed by atoms with Crippen molar-refractivity contribution in [3.05, 3.63) is 18.1 Å². The molecule has 2 rings (SSSR count). The molecule has 1 saturated heterocycles. The first-order valence-corrected chi connectivity index (χ1v) is 5.07. The lowest BCUT2D eigenvalue weighted by Crippen LogP contribution is -2.56. The molecular weight excluding hydrogens is 208 g/mol. The molecule has 0 aliphatic carbocycles. The monoisotopic (exact) mass is 222 g/mol. The van der Waals surface area contributed by atoms with Gasteiger partial charge in [-0.2, -0.15) is 0 Å². The normalized spacial score (nSPS) is 15.4. The van der Waals surface area contributed by atoms with Crippen molar-refractivity contribution in [2.24, 2.45) is 0 Å². The number of aromatic nitrogens is 2. The highest BCUT2D eigenvalue weighted by molar-refractivity contribution is 5.85. The number of carbonyl (C=O) groups is 1. The van der Waals surface area contributed by atoms with E-state index in [2.05, 4.69) is 20.0 Å². The summed E-state index contributed by atoms with van der Waals surface area (Å²) in [7, 11) is 3.27. The van der Waals surface area contributed by atoms with E-state index in [4.69, 9.17) is 0 Å². The summed E-state index contributed by atoms with van der Waals surface area (Å²) in [4.78, 5) is 21.3. The van der Waals surface area contributed by atoms with Gasteiger partial charge < -0.3 is 15.0 Å². The quantitative estimate of drug-likeness (QED) is 0.706. The molecule has 0 spiro atoms. The molecule has 6 nitrogen and oxygen atoms in total. The maximum atomic E-state index is 11.3. The highest BCUT2D eigenvalue weighted by Crippen LogP contribution is 2.13. The molecule has 0 aromatic carbocycles.